The molecule has 14 heteroatoms. The fourth-order valence-electron chi connectivity index (χ4n) is 3.80. The number of aryl methyl sites for hydroxylation is 1. The van der Waals surface area contributed by atoms with Gasteiger partial charge < -0.3 is 10.1 Å². The van der Waals surface area contributed by atoms with E-state index in [-0.39, 0.29) is 32.7 Å². The number of nitrogens with one attached hydrogen (secondary N) is 1. The van der Waals surface area contributed by atoms with Gasteiger partial charge in [0.1, 0.15) is 21.4 Å². The fraction of sp³-hybridized carbons (Fsp3) is 0.304. The number of methoxy groups -OCH3 is 1. The van der Waals surface area contributed by atoms with Gasteiger partial charge in [-0.1, -0.05) is 11.3 Å². The molecular weight excluding hydrogens is 521 g/mol. The monoisotopic (exact) mass is 545 g/mol. The number of benzene rings is 1. The standard InChI is InChI=1S/C23H24FN7O4S2/c1-12(2)27-22(36)28(4)30-19(33)18-13(3)20(31-25-8-9-26-31)37-21(18)29(23(30)34)11-16(32)15-10-14(24)6-7-17(15)35-5/h6-10,12H,11H2,1-5H3,(H,27,36). The largest absolute Gasteiger partial charge is 0.496 e. The number of hydrogen-bond donors (Lipinski definition) is 1. The molecular formula is C23H24FN7O4S2. The Morgan fingerprint density at radius 3 is 2.57 bits per heavy atom. The number of ether oxygens (including phenoxy) is 1. The number of fused-ring (bicyclic) bond motifs is 1. The topological polar surface area (TPSA) is 116 Å². The van der Waals surface area contributed by atoms with E-state index >= 15 is 0 Å². The van der Waals surface area contributed by atoms with E-state index in [0.29, 0.717) is 10.6 Å². The number of ketones is 1. The molecule has 4 rings (SSSR count). The molecule has 3 heterocycles. The molecule has 0 spiro atoms. The van der Waals surface area contributed by atoms with Gasteiger partial charge >= 0.3 is 5.69 Å². The van der Waals surface area contributed by atoms with Crippen LogP contribution in [-0.2, 0) is 6.54 Å². The van der Waals surface area contributed by atoms with E-state index in [2.05, 4.69) is 15.5 Å². The summed E-state index contributed by atoms with van der Waals surface area (Å²) in [5.41, 5.74) is -0.920. The molecule has 0 aliphatic heterocycles. The molecule has 0 saturated carbocycles. The minimum Gasteiger partial charge on any atom is -0.496 e. The van der Waals surface area contributed by atoms with Crippen molar-refractivity contribution in [3.05, 3.63) is 68.4 Å². The predicted octanol–water partition coefficient (Wildman–Crippen LogP) is 2.00. The van der Waals surface area contributed by atoms with E-state index in [1.165, 1.54) is 53.1 Å². The number of aromatic nitrogens is 5. The van der Waals surface area contributed by atoms with E-state index in [1.807, 2.05) is 13.8 Å². The fourth-order valence-corrected chi connectivity index (χ4v) is 5.32. The molecule has 0 fully saturated rings. The summed E-state index contributed by atoms with van der Waals surface area (Å²) in [7, 11) is 2.84. The molecule has 0 bridgehead atoms. The highest BCUT2D eigenvalue weighted by Gasteiger charge is 2.26. The van der Waals surface area contributed by atoms with Crippen LogP contribution in [-0.4, -0.2) is 55.3 Å². The van der Waals surface area contributed by atoms with Crippen molar-refractivity contribution in [3.8, 4) is 10.8 Å². The first kappa shape index (κ1) is 26.2. The van der Waals surface area contributed by atoms with Gasteiger partial charge in [0.05, 0.1) is 37.0 Å². The summed E-state index contributed by atoms with van der Waals surface area (Å²) >= 11 is 6.48. The SMILES string of the molecule is COc1ccc(F)cc1C(=O)Cn1c(=O)n(N(C)C(=S)NC(C)C)c(=O)c2c(C)c(-n3nccn3)sc21. The summed E-state index contributed by atoms with van der Waals surface area (Å²) in [6.45, 7) is 4.95. The number of carbonyl (C=O) groups is 1. The Labute approximate surface area is 219 Å². The van der Waals surface area contributed by atoms with E-state index in [0.717, 1.165) is 22.1 Å². The van der Waals surface area contributed by atoms with Gasteiger partial charge in [0.15, 0.2) is 10.9 Å². The molecule has 0 radical (unpaired) electrons. The van der Waals surface area contributed by atoms with Crippen LogP contribution < -0.4 is 26.3 Å². The first-order chi connectivity index (χ1) is 17.5. The average molecular weight is 546 g/mol. The van der Waals surface area contributed by atoms with E-state index < -0.39 is 29.4 Å². The highest BCUT2D eigenvalue weighted by molar-refractivity contribution is 7.80. The number of Topliss-reactive ketones (excluding diaryl/α,β-unsaturated/α-hetero) is 1. The zero-order chi connectivity index (χ0) is 27.0. The van der Waals surface area contributed by atoms with Gasteiger partial charge in [0, 0.05) is 18.7 Å². The van der Waals surface area contributed by atoms with Crippen LogP contribution in [0.5, 0.6) is 5.75 Å². The van der Waals surface area contributed by atoms with Crippen molar-refractivity contribution in [1.82, 2.24) is 29.6 Å². The Kier molecular flexibility index (Phi) is 7.23. The summed E-state index contributed by atoms with van der Waals surface area (Å²) in [6.07, 6.45) is 2.97. The van der Waals surface area contributed by atoms with Crippen LogP contribution in [0.1, 0.15) is 29.8 Å². The number of nitrogens with zero attached hydrogens (tertiary/aromatic N) is 6. The smallest absolute Gasteiger partial charge is 0.352 e. The zero-order valence-electron chi connectivity index (χ0n) is 20.7. The number of thiophene rings is 1. The average Bonchev–Trinajstić information content (AvgIpc) is 3.49. The first-order valence-electron chi connectivity index (χ1n) is 11.1. The summed E-state index contributed by atoms with van der Waals surface area (Å²) in [5.74, 6) is -1.05. The number of carbonyl (C=O) groups excluding carboxylic acids is 1. The van der Waals surface area contributed by atoms with Crippen LogP contribution in [0.25, 0.3) is 15.2 Å². The third kappa shape index (κ3) is 4.76. The highest BCUT2D eigenvalue weighted by Crippen LogP contribution is 2.30. The molecule has 0 aliphatic carbocycles. The Hall–Kier alpha value is -3.91. The first-order valence-corrected chi connectivity index (χ1v) is 12.3. The predicted molar refractivity (Wildman–Crippen MR) is 142 cm³/mol. The van der Waals surface area contributed by atoms with E-state index in [9.17, 15) is 18.8 Å². The minimum atomic E-state index is -0.794. The van der Waals surface area contributed by atoms with Crippen molar-refractivity contribution < 1.29 is 13.9 Å². The molecule has 4 aromatic rings. The highest BCUT2D eigenvalue weighted by atomic mass is 32.1. The van der Waals surface area contributed by atoms with Gasteiger partial charge in [0.25, 0.3) is 5.56 Å². The summed E-state index contributed by atoms with van der Waals surface area (Å²) in [6, 6.07) is 3.50. The summed E-state index contributed by atoms with van der Waals surface area (Å²) in [5, 5.41) is 13.3. The Balaban J connectivity index is 1.97. The van der Waals surface area contributed by atoms with Gasteiger partial charge in [-0.25, -0.2) is 9.18 Å². The lowest BCUT2D eigenvalue weighted by Gasteiger charge is -2.24. The zero-order valence-corrected chi connectivity index (χ0v) is 22.3. The van der Waals surface area contributed by atoms with Crippen LogP contribution in [0.4, 0.5) is 4.39 Å². The second-order valence-electron chi connectivity index (χ2n) is 8.41. The Bertz CT molecular complexity index is 1620. The van der Waals surface area contributed by atoms with Crippen molar-refractivity contribution in [2.75, 3.05) is 19.2 Å². The van der Waals surface area contributed by atoms with Crippen molar-refractivity contribution in [3.63, 3.8) is 0 Å². The van der Waals surface area contributed by atoms with Crippen LogP contribution in [0, 0.1) is 12.7 Å². The normalized spacial score (nSPS) is 11.2. The molecule has 0 aliphatic rings. The van der Waals surface area contributed by atoms with Gasteiger partial charge in [-0.3, -0.25) is 19.2 Å². The molecule has 1 N–H and O–H groups in total. The second kappa shape index (κ2) is 10.2. The number of thiocarbonyl (C=S) groups is 1. The number of hydrogen-bond acceptors (Lipinski definition) is 8. The van der Waals surface area contributed by atoms with Gasteiger partial charge in [-0.2, -0.15) is 14.9 Å². The van der Waals surface area contributed by atoms with Crippen molar-refractivity contribution in [2.24, 2.45) is 0 Å². The molecule has 0 saturated heterocycles. The van der Waals surface area contributed by atoms with Gasteiger partial charge in [-0.05, 0) is 51.2 Å². The van der Waals surface area contributed by atoms with Crippen LogP contribution in [0.2, 0.25) is 0 Å². The van der Waals surface area contributed by atoms with Gasteiger partial charge in [0.2, 0.25) is 0 Å². The molecule has 194 valence electrons. The summed E-state index contributed by atoms with van der Waals surface area (Å²) in [4.78, 5) is 42.3. The van der Waals surface area contributed by atoms with Crippen LogP contribution in [0.3, 0.4) is 0 Å². The molecule has 1 aromatic carbocycles. The van der Waals surface area contributed by atoms with Crippen molar-refractivity contribution in [2.45, 2.75) is 33.4 Å². The maximum Gasteiger partial charge on any atom is 0.352 e. The summed E-state index contributed by atoms with van der Waals surface area (Å²) < 4.78 is 21.2. The number of halogens is 1. The lowest BCUT2D eigenvalue weighted by atomic mass is 10.1. The molecule has 3 aromatic heterocycles. The van der Waals surface area contributed by atoms with Crippen LogP contribution in [0.15, 0.2) is 40.2 Å². The lowest BCUT2D eigenvalue weighted by Crippen LogP contribution is -2.56. The van der Waals surface area contributed by atoms with E-state index in [1.54, 1.807) is 6.92 Å². The molecule has 0 unspecified atom stereocenters. The third-order valence-electron chi connectivity index (χ3n) is 5.54. The maximum atomic E-state index is 14.0. The second-order valence-corrected chi connectivity index (χ2v) is 9.78. The lowest BCUT2D eigenvalue weighted by molar-refractivity contribution is 0.0968. The van der Waals surface area contributed by atoms with E-state index in [4.69, 9.17) is 17.0 Å². The number of rotatable bonds is 7. The Morgan fingerprint density at radius 1 is 1.27 bits per heavy atom. The minimum absolute atomic E-state index is 0.0344. The van der Waals surface area contributed by atoms with Crippen LogP contribution >= 0.6 is 23.6 Å². The quantitative estimate of drug-likeness (QED) is 0.275. The Morgan fingerprint density at radius 2 is 1.95 bits per heavy atom. The van der Waals surface area contributed by atoms with Crippen molar-refractivity contribution in [1.29, 1.82) is 0 Å². The molecule has 0 atom stereocenters. The molecule has 37 heavy (non-hydrogen) atoms. The molecule has 11 nitrogen and oxygen atoms in total. The maximum absolute atomic E-state index is 14.0. The third-order valence-corrected chi connectivity index (χ3v) is 7.20. The molecule has 0 amide bonds. The van der Waals surface area contributed by atoms with Crippen molar-refractivity contribution >= 4 is 44.7 Å². The van der Waals surface area contributed by atoms with Gasteiger partial charge in [-0.15, -0.1) is 4.80 Å².